The van der Waals surface area contributed by atoms with Crippen LogP contribution in [-0.4, -0.2) is 81.0 Å². The summed E-state index contributed by atoms with van der Waals surface area (Å²) in [5, 5.41) is 15.7. The largest absolute Gasteiger partial charge is 0.519 e. The Balaban J connectivity index is 1.20. The number of anilines is 1. The molecule has 14 heteroatoms. The van der Waals surface area contributed by atoms with Crippen molar-refractivity contribution in [3.8, 4) is 35.4 Å². The molecule has 6 atom stereocenters. The zero-order chi connectivity index (χ0) is 37.7. The number of fused-ring (bicyclic) bond motifs is 7. The predicted molar refractivity (Wildman–Crippen MR) is 197 cm³/mol. The second-order valence-corrected chi connectivity index (χ2v) is 16.0. The van der Waals surface area contributed by atoms with Crippen molar-refractivity contribution < 1.29 is 31.8 Å². The number of nitrogens with zero attached hydrogens (tertiary/aromatic N) is 5. The highest BCUT2D eigenvalue weighted by Gasteiger charge is 2.50. The third kappa shape index (κ3) is 5.57. The van der Waals surface area contributed by atoms with E-state index in [2.05, 4.69) is 21.0 Å². The van der Waals surface area contributed by atoms with Crippen LogP contribution in [-0.2, 0) is 12.8 Å². The summed E-state index contributed by atoms with van der Waals surface area (Å²) in [6.07, 6.45) is 10.2. The molecule has 0 spiro atoms. The molecule has 5 aromatic rings. The van der Waals surface area contributed by atoms with Crippen molar-refractivity contribution in [2.75, 3.05) is 31.1 Å². The maximum atomic E-state index is 17.6. The minimum Gasteiger partial charge on any atom is -0.508 e. The Morgan fingerprint density at radius 1 is 1.15 bits per heavy atom. The average molecular weight is 753 g/mol. The summed E-state index contributed by atoms with van der Waals surface area (Å²) < 4.78 is 64.7. The lowest BCUT2D eigenvalue weighted by Crippen LogP contribution is -2.59. The number of benzene rings is 2. The van der Waals surface area contributed by atoms with E-state index in [0.717, 1.165) is 32.2 Å². The monoisotopic (exact) mass is 752 g/mol. The van der Waals surface area contributed by atoms with Gasteiger partial charge in [0.15, 0.2) is 5.82 Å². The van der Waals surface area contributed by atoms with Gasteiger partial charge in [0, 0.05) is 55.0 Å². The molecule has 0 aliphatic carbocycles. The van der Waals surface area contributed by atoms with Crippen LogP contribution in [0.4, 0.5) is 19.0 Å². The third-order valence-corrected chi connectivity index (χ3v) is 12.7. The quantitative estimate of drug-likeness (QED) is 0.206. The molecule has 2 bridgehead atoms. The Morgan fingerprint density at radius 2 is 2.02 bits per heavy atom. The molecule has 4 saturated heterocycles. The van der Waals surface area contributed by atoms with Gasteiger partial charge in [0.1, 0.15) is 52.9 Å². The van der Waals surface area contributed by atoms with Crippen molar-refractivity contribution in [1.82, 2.24) is 25.2 Å². The summed E-state index contributed by atoms with van der Waals surface area (Å²) in [5.74, 6) is 1.17. The number of phenolic OH excluding ortho intramolecular Hbond substituents is 1. The van der Waals surface area contributed by atoms with E-state index in [4.69, 9.17) is 34.9 Å². The molecule has 5 aliphatic rings. The maximum absolute atomic E-state index is 17.6. The van der Waals surface area contributed by atoms with Crippen LogP contribution in [0.3, 0.4) is 0 Å². The van der Waals surface area contributed by atoms with Crippen LogP contribution in [0.15, 0.2) is 37.9 Å². The van der Waals surface area contributed by atoms with Crippen molar-refractivity contribution in [3.05, 3.63) is 69.3 Å². The summed E-state index contributed by atoms with van der Waals surface area (Å²) >= 11 is 0. The number of ether oxygens (including phenoxy) is 1. The SMILES string of the molecule is C#Cc1c(F)ccc2cc(O)cc(-c3nc4c5c(nc(OC[C@@]67CCCN6C[C@H](F)C7)nc5c3F)N3C[C@H]5CC[C@H](N5)[C@H]3CC(Cc3oc(=O)oc3C)C4)c12. The van der Waals surface area contributed by atoms with Gasteiger partial charge in [-0.3, -0.25) is 4.90 Å². The topological polar surface area (TPSA) is 130 Å². The Bertz CT molecular complexity index is 2500. The lowest BCUT2D eigenvalue weighted by molar-refractivity contribution is 0.107. The number of phenols is 1. The van der Waals surface area contributed by atoms with Crippen LogP contribution in [0.1, 0.15) is 61.3 Å². The number of alkyl halides is 1. The molecule has 0 radical (unpaired) electrons. The normalized spacial score (nSPS) is 27.3. The third-order valence-electron chi connectivity index (χ3n) is 12.7. The first-order valence-electron chi connectivity index (χ1n) is 19.0. The zero-order valence-corrected chi connectivity index (χ0v) is 30.2. The Kier molecular flexibility index (Phi) is 7.94. The highest BCUT2D eigenvalue weighted by Crippen LogP contribution is 2.45. The summed E-state index contributed by atoms with van der Waals surface area (Å²) in [5.41, 5.74) is -0.194. The van der Waals surface area contributed by atoms with Crippen molar-refractivity contribution in [2.24, 2.45) is 5.92 Å². The van der Waals surface area contributed by atoms with Crippen molar-refractivity contribution in [1.29, 1.82) is 0 Å². The molecule has 0 saturated carbocycles. The lowest BCUT2D eigenvalue weighted by atomic mass is 9.84. The first-order chi connectivity index (χ1) is 26.6. The van der Waals surface area contributed by atoms with E-state index in [-0.39, 0.29) is 70.1 Å². The van der Waals surface area contributed by atoms with Gasteiger partial charge in [0.05, 0.1) is 22.2 Å². The number of hydrogen-bond acceptors (Lipinski definition) is 11. The molecule has 8 heterocycles. The van der Waals surface area contributed by atoms with Gasteiger partial charge in [0.25, 0.3) is 0 Å². The molecule has 11 nitrogen and oxygen atoms in total. The van der Waals surface area contributed by atoms with Gasteiger partial charge in [-0.15, -0.1) is 6.42 Å². The average Bonchev–Trinajstić information content (AvgIpc) is 3.90. The van der Waals surface area contributed by atoms with E-state index < -0.39 is 29.2 Å². The van der Waals surface area contributed by atoms with Crippen molar-refractivity contribution in [2.45, 2.75) is 88.1 Å². The highest BCUT2D eigenvalue weighted by atomic mass is 19.1. The number of piperazine rings is 1. The van der Waals surface area contributed by atoms with Gasteiger partial charge in [-0.05, 0) is 81.5 Å². The summed E-state index contributed by atoms with van der Waals surface area (Å²) in [7, 11) is 0. The number of aromatic nitrogens is 3. The minimum atomic E-state index is -0.956. The highest BCUT2D eigenvalue weighted by molar-refractivity contribution is 6.03. The van der Waals surface area contributed by atoms with Crippen LogP contribution in [0.25, 0.3) is 32.9 Å². The molecule has 10 rings (SSSR count). The van der Waals surface area contributed by atoms with Crippen LogP contribution >= 0.6 is 0 Å². The zero-order valence-electron chi connectivity index (χ0n) is 30.2. The van der Waals surface area contributed by atoms with Crippen molar-refractivity contribution >= 4 is 27.5 Å². The molecule has 2 N–H and O–H groups in total. The van der Waals surface area contributed by atoms with Gasteiger partial charge in [-0.1, -0.05) is 12.0 Å². The van der Waals surface area contributed by atoms with Crippen molar-refractivity contribution in [3.63, 3.8) is 0 Å². The minimum absolute atomic E-state index is 0.0262. The van der Waals surface area contributed by atoms with E-state index in [1.54, 1.807) is 6.92 Å². The fourth-order valence-electron chi connectivity index (χ4n) is 10.3. The van der Waals surface area contributed by atoms with E-state index in [0.29, 0.717) is 72.6 Å². The van der Waals surface area contributed by atoms with Gasteiger partial charge in [0.2, 0.25) is 0 Å². The van der Waals surface area contributed by atoms with E-state index >= 15 is 8.78 Å². The number of hydrogen-bond donors (Lipinski definition) is 2. The van der Waals surface area contributed by atoms with E-state index in [1.807, 2.05) is 0 Å². The number of pyridine rings is 1. The molecule has 4 fully saturated rings. The molecule has 2 aromatic carbocycles. The van der Waals surface area contributed by atoms with Gasteiger partial charge < -0.3 is 28.9 Å². The van der Waals surface area contributed by atoms with Crippen LogP contribution in [0.2, 0.25) is 0 Å². The summed E-state index contributed by atoms with van der Waals surface area (Å²) in [6.45, 7) is 3.58. The molecule has 1 unspecified atom stereocenters. The molecule has 55 heavy (non-hydrogen) atoms. The second-order valence-electron chi connectivity index (χ2n) is 16.0. The van der Waals surface area contributed by atoms with E-state index in [9.17, 15) is 14.3 Å². The summed E-state index contributed by atoms with van der Waals surface area (Å²) in [4.78, 5) is 31.3. The summed E-state index contributed by atoms with van der Waals surface area (Å²) in [6, 6.07) is 5.71. The number of halogens is 3. The Hall–Kier alpha value is -5.13. The number of terminal acetylenes is 1. The molecule has 0 amide bonds. The first kappa shape index (κ1) is 34.4. The number of rotatable bonds is 6. The fraction of sp³-hybridized carbons (Fsp3) is 0.463. The second kappa shape index (κ2) is 12.7. The van der Waals surface area contributed by atoms with Gasteiger partial charge in [-0.2, -0.15) is 9.97 Å². The first-order valence-corrected chi connectivity index (χ1v) is 19.0. The van der Waals surface area contributed by atoms with E-state index in [1.165, 1.54) is 24.3 Å². The number of aromatic hydroxyl groups is 1. The van der Waals surface area contributed by atoms with Crippen LogP contribution in [0, 0.1) is 36.8 Å². The molecule has 5 aliphatic heterocycles. The number of nitrogens with one attached hydrogen (secondary N) is 1. The fourth-order valence-corrected chi connectivity index (χ4v) is 10.3. The standard InChI is InChI=1S/C41H39F3N6O5/c1-3-26-28(43)7-5-22-14-25(51)15-27(33(22)26)36-35(44)37-34-30(46-36)11-21(13-32-20(2)54-40(52)55-32)12-31-29-8-6-24(45-29)18-50(31)38(34)48-39(47-37)53-19-41-9-4-10-49(41)17-23(42)16-41/h1,5,7,14-15,21,23-24,29,31,45,51H,4,6,8-13,16-19H2,2H3/t21?,23-,24-,29+,31-,41+/m1/s1. The van der Waals surface area contributed by atoms with Crippen LogP contribution in [0.5, 0.6) is 11.8 Å². The van der Waals surface area contributed by atoms with Gasteiger partial charge in [-0.25, -0.2) is 22.9 Å². The smallest absolute Gasteiger partial charge is 0.508 e. The molecule has 3 aromatic heterocycles. The number of aryl methyl sites for hydroxylation is 1. The molecular weight excluding hydrogens is 713 g/mol. The Labute approximate surface area is 313 Å². The lowest BCUT2D eigenvalue weighted by Gasteiger charge is -2.44. The maximum Gasteiger partial charge on any atom is 0.519 e. The molecule has 284 valence electrons. The van der Waals surface area contributed by atoms with Crippen LogP contribution < -0.4 is 20.8 Å². The molecular formula is C41H39F3N6O5. The Morgan fingerprint density at radius 3 is 2.84 bits per heavy atom. The predicted octanol–water partition coefficient (Wildman–Crippen LogP) is 5.73. The van der Waals surface area contributed by atoms with Gasteiger partial charge >= 0.3 is 11.8 Å².